The fourth-order valence-corrected chi connectivity index (χ4v) is 5.00. The molecule has 2 aromatic carbocycles. The van der Waals surface area contributed by atoms with Gasteiger partial charge in [0.05, 0.1) is 48.3 Å². The maximum Gasteiger partial charge on any atom is 0.336 e. The predicted octanol–water partition coefficient (Wildman–Crippen LogP) is 7.10. The topological polar surface area (TPSA) is 91.7 Å². The van der Waals surface area contributed by atoms with Gasteiger partial charge in [-0.3, -0.25) is 0 Å². The van der Waals surface area contributed by atoms with Gasteiger partial charge in [0.15, 0.2) is 11.6 Å². The number of carbonyl (C=O) groups excluding carboxylic acids is 2. The lowest BCUT2D eigenvalue weighted by atomic mass is 9.79. The van der Waals surface area contributed by atoms with Crippen LogP contribution in [0.25, 0.3) is 16.9 Å². The number of esters is 2. The monoisotopic (exact) mass is 603 g/mol. The summed E-state index contributed by atoms with van der Waals surface area (Å²) >= 11 is 0. The Morgan fingerprint density at radius 3 is 2.05 bits per heavy atom. The van der Waals surface area contributed by atoms with Crippen LogP contribution in [-0.2, 0) is 19.1 Å². The molecule has 1 N–H and O–H groups in total. The molecule has 1 aromatic heterocycles. The van der Waals surface area contributed by atoms with Gasteiger partial charge in [-0.25, -0.2) is 18.7 Å². The first-order valence-electron chi connectivity index (χ1n) is 15.1. The first-order chi connectivity index (χ1) is 21.0. The van der Waals surface area contributed by atoms with E-state index < -0.39 is 23.7 Å². The summed E-state index contributed by atoms with van der Waals surface area (Å²) in [4.78, 5) is 27.5. The molecular weight excluding hydrogens is 561 g/mol. The summed E-state index contributed by atoms with van der Waals surface area (Å²) < 4.78 is 34.0. The lowest BCUT2D eigenvalue weighted by molar-refractivity contribution is -0.141. The third kappa shape index (κ3) is 7.38. The highest BCUT2D eigenvalue weighted by Gasteiger charge is 2.40. The number of aromatic nitrogens is 2. The van der Waals surface area contributed by atoms with Crippen molar-refractivity contribution in [2.45, 2.75) is 60.8 Å². The molecule has 0 saturated heterocycles. The van der Waals surface area contributed by atoms with Crippen LogP contribution in [0.5, 0.6) is 5.75 Å². The first-order valence-corrected chi connectivity index (χ1v) is 15.1. The van der Waals surface area contributed by atoms with Gasteiger partial charge in [0, 0.05) is 28.7 Å². The quantitative estimate of drug-likeness (QED) is 0.221. The summed E-state index contributed by atoms with van der Waals surface area (Å²) in [6.07, 6.45) is 2.53. The fraction of sp³-hybridized carbons (Fsp3) is 0.400. The van der Waals surface area contributed by atoms with Gasteiger partial charge in [0.2, 0.25) is 0 Å². The van der Waals surface area contributed by atoms with E-state index in [9.17, 15) is 9.59 Å². The van der Waals surface area contributed by atoms with E-state index in [2.05, 4.69) is 5.32 Å². The molecule has 9 heteroatoms. The highest BCUT2D eigenvalue weighted by molar-refractivity contribution is 6.00. The van der Waals surface area contributed by atoms with Gasteiger partial charge in [-0.05, 0) is 62.4 Å². The number of dihydropyridines is 1. The normalized spacial score (nSPS) is 13.9. The second-order valence-electron chi connectivity index (χ2n) is 11.8. The zero-order valence-corrected chi connectivity index (χ0v) is 26.6. The molecule has 0 atom stereocenters. The van der Waals surface area contributed by atoms with E-state index in [0.29, 0.717) is 34.8 Å². The highest BCUT2D eigenvalue weighted by atomic mass is 19.1. The molecule has 3 aromatic rings. The highest BCUT2D eigenvalue weighted by Crippen LogP contribution is 2.43. The molecule has 1 aliphatic heterocycles. The van der Waals surface area contributed by atoms with Crippen LogP contribution in [-0.4, -0.2) is 41.5 Å². The standard InChI is InChI=1S/C35H42FN3O5/c1-8-16-42-29-15-14-25(17-28(29)36)33-27(18-39(38-33)26-12-10-9-11-13-26)32-30(34(40)43-19-21(2)3)23(6)37-24(7)31(32)35(41)44-20-22(4)5/h9-15,17-18,21-22,32,37H,8,16,19-20H2,1-7H3. The van der Waals surface area contributed by atoms with E-state index in [1.54, 1.807) is 36.9 Å². The molecule has 4 rings (SSSR count). The molecule has 0 spiro atoms. The molecule has 1 aliphatic rings. The maximum absolute atomic E-state index is 15.3. The van der Waals surface area contributed by atoms with Crippen molar-refractivity contribution in [3.63, 3.8) is 0 Å². The van der Waals surface area contributed by atoms with Crippen molar-refractivity contribution in [1.82, 2.24) is 15.1 Å². The van der Waals surface area contributed by atoms with Gasteiger partial charge < -0.3 is 19.5 Å². The molecule has 8 nitrogen and oxygen atoms in total. The minimum atomic E-state index is -0.901. The molecule has 0 fully saturated rings. The van der Waals surface area contributed by atoms with E-state index in [4.69, 9.17) is 19.3 Å². The Morgan fingerprint density at radius 2 is 1.52 bits per heavy atom. The molecule has 0 bridgehead atoms. The van der Waals surface area contributed by atoms with E-state index in [1.807, 2.05) is 65.0 Å². The number of carbonyl (C=O) groups is 2. The van der Waals surface area contributed by atoms with Crippen molar-refractivity contribution in [2.75, 3.05) is 19.8 Å². The number of rotatable bonds is 12. The van der Waals surface area contributed by atoms with Crippen molar-refractivity contribution in [3.8, 4) is 22.7 Å². The second-order valence-corrected chi connectivity index (χ2v) is 11.8. The number of hydrogen-bond donors (Lipinski definition) is 1. The molecule has 2 heterocycles. The van der Waals surface area contributed by atoms with Crippen LogP contribution in [0.15, 0.2) is 77.3 Å². The van der Waals surface area contributed by atoms with Gasteiger partial charge in [-0.1, -0.05) is 52.8 Å². The van der Waals surface area contributed by atoms with Crippen molar-refractivity contribution in [2.24, 2.45) is 11.8 Å². The van der Waals surface area contributed by atoms with E-state index in [0.717, 1.165) is 12.1 Å². The smallest absolute Gasteiger partial charge is 0.336 e. The third-order valence-corrected chi connectivity index (χ3v) is 7.04. The molecular formula is C35H42FN3O5. The van der Waals surface area contributed by atoms with Crippen LogP contribution in [0.1, 0.15) is 66.4 Å². The van der Waals surface area contributed by atoms with E-state index in [-0.39, 0.29) is 41.9 Å². The number of halogens is 1. The fourth-order valence-electron chi connectivity index (χ4n) is 5.00. The molecule has 0 radical (unpaired) electrons. The number of nitrogens with one attached hydrogen (secondary N) is 1. The average molecular weight is 604 g/mol. The molecule has 0 amide bonds. The van der Waals surface area contributed by atoms with Gasteiger partial charge >= 0.3 is 11.9 Å². The number of hydrogen-bond acceptors (Lipinski definition) is 7. The Bertz CT molecular complexity index is 1510. The lowest BCUT2D eigenvalue weighted by Crippen LogP contribution is -2.33. The summed E-state index contributed by atoms with van der Waals surface area (Å²) in [6, 6.07) is 14.1. The number of nitrogens with zero attached hydrogens (tertiary/aromatic N) is 2. The van der Waals surface area contributed by atoms with Crippen LogP contribution in [0.4, 0.5) is 4.39 Å². The van der Waals surface area contributed by atoms with Crippen molar-refractivity contribution >= 4 is 11.9 Å². The Morgan fingerprint density at radius 1 is 0.932 bits per heavy atom. The Balaban J connectivity index is 1.95. The molecule has 0 unspecified atom stereocenters. The van der Waals surface area contributed by atoms with Crippen LogP contribution in [0, 0.1) is 17.7 Å². The molecule has 44 heavy (non-hydrogen) atoms. The predicted molar refractivity (Wildman–Crippen MR) is 168 cm³/mol. The lowest BCUT2D eigenvalue weighted by Gasteiger charge is -2.30. The first kappa shape index (κ1) is 32.5. The van der Waals surface area contributed by atoms with E-state index >= 15 is 4.39 Å². The van der Waals surface area contributed by atoms with Crippen LogP contribution >= 0.6 is 0 Å². The number of para-hydroxylation sites is 1. The zero-order chi connectivity index (χ0) is 32.0. The summed E-state index contributed by atoms with van der Waals surface area (Å²) in [5, 5.41) is 8.09. The van der Waals surface area contributed by atoms with Gasteiger partial charge in [0.1, 0.15) is 0 Å². The Labute approximate surface area is 258 Å². The number of allylic oxidation sites excluding steroid dienone is 2. The molecule has 0 aliphatic carbocycles. The third-order valence-electron chi connectivity index (χ3n) is 7.04. The van der Waals surface area contributed by atoms with Crippen molar-refractivity contribution < 1.29 is 28.2 Å². The maximum atomic E-state index is 15.3. The Kier molecular flexibility index (Phi) is 10.6. The van der Waals surface area contributed by atoms with Gasteiger partial charge in [0.25, 0.3) is 0 Å². The summed E-state index contributed by atoms with van der Waals surface area (Å²) in [7, 11) is 0. The SMILES string of the molecule is CCCOc1ccc(-c2nn(-c3ccccc3)cc2C2C(C(=O)OCC(C)C)=C(C)NC(C)=C2C(=O)OCC(C)C)cc1F. The van der Waals surface area contributed by atoms with Gasteiger partial charge in [-0.2, -0.15) is 5.10 Å². The summed E-state index contributed by atoms with van der Waals surface area (Å²) in [5.41, 5.74) is 3.80. The van der Waals surface area contributed by atoms with Crippen LogP contribution in [0.2, 0.25) is 0 Å². The number of benzene rings is 2. The van der Waals surface area contributed by atoms with Crippen molar-refractivity contribution in [1.29, 1.82) is 0 Å². The molecule has 234 valence electrons. The Hall–Kier alpha value is -4.40. The summed E-state index contributed by atoms with van der Waals surface area (Å²) in [6.45, 7) is 14.1. The minimum absolute atomic E-state index is 0.107. The molecule has 0 saturated carbocycles. The van der Waals surface area contributed by atoms with Crippen LogP contribution < -0.4 is 10.1 Å². The van der Waals surface area contributed by atoms with Crippen LogP contribution in [0.3, 0.4) is 0 Å². The second kappa shape index (κ2) is 14.4. The minimum Gasteiger partial charge on any atom is -0.491 e. The number of ether oxygens (including phenoxy) is 3. The average Bonchev–Trinajstić information content (AvgIpc) is 3.43. The van der Waals surface area contributed by atoms with Crippen molar-refractivity contribution in [3.05, 3.63) is 88.6 Å². The largest absolute Gasteiger partial charge is 0.491 e. The van der Waals surface area contributed by atoms with E-state index in [1.165, 1.54) is 6.07 Å². The zero-order valence-electron chi connectivity index (χ0n) is 26.6. The summed E-state index contributed by atoms with van der Waals surface area (Å²) in [5.74, 6) is -2.18. The van der Waals surface area contributed by atoms with Gasteiger partial charge in [-0.15, -0.1) is 0 Å².